The first-order valence-corrected chi connectivity index (χ1v) is 13.1. The van der Waals surface area contributed by atoms with E-state index in [9.17, 15) is 22.8 Å². The third-order valence-corrected chi connectivity index (χ3v) is 6.70. The minimum Gasteiger partial charge on any atom is -0.481 e. The summed E-state index contributed by atoms with van der Waals surface area (Å²) in [5.74, 6) is -2.02. The van der Waals surface area contributed by atoms with Gasteiger partial charge < -0.3 is 14.7 Å². The number of unbranched alkanes of at least 4 members (excludes halogenated alkanes) is 1. The smallest absolute Gasteiger partial charge is 0.303 e. The number of aromatic nitrogens is 2. The lowest BCUT2D eigenvalue weighted by atomic mass is 10.0. The average Bonchev–Trinajstić information content (AvgIpc) is 3.42. The summed E-state index contributed by atoms with van der Waals surface area (Å²) in [7, 11) is 0. The normalized spacial score (nSPS) is 14.7. The van der Waals surface area contributed by atoms with Crippen LogP contribution in [0.25, 0.3) is 16.6 Å². The van der Waals surface area contributed by atoms with Gasteiger partial charge in [0.2, 0.25) is 0 Å². The topological polar surface area (TPSA) is 103 Å². The summed E-state index contributed by atoms with van der Waals surface area (Å²) in [5, 5.41) is 13.5. The third-order valence-electron chi connectivity index (χ3n) is 6.70. The number of fused-ring (bicyclic) bond motifs is 1. The number of aryl methyl sites for hydroxylation is 1. The summed E-state index contributed by atoms with van der Waals surface area (Å²) >= 11 is 0. The fourth-order valence-electron chi connectivity index (χ4n) is 4.64. The SMILES string of the molecule is O=C(O)CCCCc1nc2cc(C3=NOC(COCc4cc(F)ccc4F)C3)ccc2c(=O)n1-c1ccc(F)cc1. The zero-order valence-corrected chi connectivity index (χ0v) is 21.9. The highest BCUT2D eigenvalue weighted by Gasteiger charge is 2.24. The third kappa shape index (κ3) is 6.63. The molecule has 0 spiro atoms. The van der Waals surface area contributed by atoms with Crippen LogP contribution in [0, 0.1) is 17.5 Å². The molecule has 4 aromatic rings. The van der Waals surface area contributed by atoms with Crippen LogP contribution in [0.5, 0.6) is 0 Å². The Bertz CT molecular complexity index is 1670. The molecule has 1 aliphatic heterocycles. The Morgan fingerprint density at radius 1 is 1.02 bits per heavy atom. The molecule has 1 aliphatic rings. The predicted molar refractivity (Wildman–Crippen MR) is 145 cm³/mol. The number of carboxylic acid groups (broad SMARTS) is 1. The van der Waals surface area contributed by atoms with Crippen molar-refractivity contribution in [3.63, 3.8) is 0 Å². The van der Waals surface area contributed by atoms with Gasteiger partial charge in [-0.1, -0.05) is 11.2 Å². The number of hydrogen-bond acceptors (Lipinski definition) is 6. The lowest BCUT2D eigenvalue weighted by molar-refractivity contribution is -0.137. The summed E-state index contributed by atoms with van der Waals surface area (Å²) in [6, 6.07) is 13.8. The van der Waals surface area contributed by atoms with Crippen LogP contribution in [0.3, 0.4) is 0 Å². The van der Waals surface area contributed by atoms with Crippen molar-refractivity contribution in [3.05, 3.63) is 105 Å². The van der Waals surface area contributed by atoms with Gasteiger partial charge in [0.1, 0.15) is 23.3 Å². The van der Waals surface area contributed by atoms with Gasteiger partial charge in [0, 0.05) is 30.4 Å². The van der Waals surface area contributed by atoms with Crippen molar-refractivity contribution < 1.29 is 32.6 Å². The molecular formula is C30H26F3N3O5. The lowest BCUT2D eigenvalue weighted by Crippen LogP contribution is -2.24. The molecule has 1 N–H and O–H groups in total. The highest BCUT2D eigenvalue weighted by atomic mass is 19.1. The van der Waals surface area contributed by atoms with E-state index in [1.165, 1.54) is 28.8 Å². The molecule has 0 radical (unpaired) electrons. The Hall–Kier alpha value is -4.51. The predicted octanol–water partition coefficient (Wildman–Crippen LogP) is 5.31. The van der Waals surface area contributed by atoms with Crippen molar-refractivity contribution in [2.24, 2.45) is 5.16 Å². The molecule has 8 nitrogen and oxygen atoms in total. The molecule has 1 atom stereocenters. The first-order valence-electron chi connectivity index (χ1n) is 13.1. The van der Waals surface area contributed by atoms with Crippen LogP contribution in [-0.2, 0) is 27.4 Å². The van der Waals surface area contributed by atoms with Crippen molar-refractivity contribution in [3.8, 4) is 5.69 Å². The molecule has 0 fully saturated rings. The van der Waals surface area contributed by atoms with E-state index in [4.69, 9.17) is 19.7 Å². The Kier molecular flexibility index (Phi) is 8.44. The van der Waals surface area contributed by atoms with Crippen molar-refractivity contribution in [2.45, 2.75) is 44.8 Å². The number of aliphatic carboxylic acids is 1. The van der Waals surface area contributed by atoms with Gasteiger partial charge in [-0.05, 0) is 67.4 Å². The molecule has 0 saturated heterocycles. The molecule has 2 heterocycles. The molecule has 212 valence electrons. The molecule has 0 bridgehead atoms. The van der Waals surface area contributed by atoms with Crippen LogP contribution in [0.1, 0.15) is 42.6 Å². The second-order valence-corrected chi connectivity index (χ2v) is 9.70. The van der Waals surface area contributed by atoms with Crippen LogP contribution in [0.4, 0.5) is 13.2 Å². The molecule has 11 heteroatoms. The van der Waals surface area contributed by atoms with Gasteiger partial charge in [-0.2, -0.15) is 0 Å². The summed E-state index contributed by atoms with van der Waals surface area (Å²) in [6.45, 7) is -0.00803. The second kappa shape index (κ2) is 12.3. The number of oxime groups is 1. The molecule has 3 aromatic carbocycles. The first kappa shape index (κ1) is 28.0. The van der Waals surface area contributed by atoms with Crippen molar-refractivity contribution >= 4 is 22.6 Å². The fraction of sp³-hybridized carbons (Fsp3) is 0.267. The number of hydrogen-bond donors (Lipinski definition) is 1. The maximum absolute atomic E-state index is 13.8. The Balaban J connectivity index is 1.34. The monoisotopic (exact) mass is 565 g/mol. The van der Waals surface area contributed by atoms with Crippen LogP contribution >= 0.6 is 0 Å². The number of nitrogens with zero attached hydrogens (tertiary/aromatic N) is 3. The molecule has 0 saturated carbocycles. The maximum Gasteiger partial charge on any atom is 0.303 e. The van der Waals surface area contributed by atoms with E-state index < -0.39 is 29.5 Å². The molecule has 0 amide bonds. The Morgan fingerprint density at radius 2 is 1.80 bits per heavy atom. The van der Waals surface area contributed by atoms with E-state index in [-0.39, 0.29) is 30.8 Å². The molecule has 1 aromatic heterocycles. The van der Waals surface area contributed by atoms with Gasteiger partial charge in [0.05, 0.1) is 35.5 Å². The van der Waals surface area contributed by atoms with Gasteiger partial charge >= 0.3 is 5.97 Å². The molecule has 41 heavy (non-hydrogen) atoms. The van der Waals surface area contributed by atoms with E-state index in [0.29, 0.717) is 59.4 Å². The fourth-order valence-corrected chi connectivity index (χ4v) is 4.64. The van der Waals surface area contributed by atoms with Gasteiger partial charge in [-0.25, -0.2) is 18.2 Å². The van der Waals surface area contributed by atoms with E-state index in [1.807, 2.05) is 0 Å². The summed E-state index contributed by atoms with van der Waals surface area (Å²) in [6.07, 6.45) is 1.21. The number of rotatable bonds is 11. The van der Waals surface area contributed by atoms with E-state index in [0.717, 1.165) is 18.2 Å². The van der Waals surface area contributed by atoms with E-state index >= 15 is 0 Å². The minimum absolute atomic E-state index is 0.000388. The summed E-state index contributed by atoms with van der Waals surface area (Å²) < 4.78 is 47.7. The van der Waals surface area contributed by atoms with Crippen LogP contribution in [0.15, 0.2) is 70.6 Å². The van der Waals surface area contributed by atoms with Crippen molar-refractivity contribution in [1.29, 1.82) is 0 Å². The highest BCUT2D eigenvalue weighted by molar-refractivity contribution is 6.03. The Labute approximate surface area is 232 Å². The van der Waals surface area contributed by atoms with Crippen LogP contribution in [-0.4, -0.2) is 39.0 Å². The van der Waals surface area contributed by atoms with Crippen LogP contribution < -0.4 is 5.56 Å². The van der Waals surface area contributed by atoms with Gasteiger partial charge in [-0.3, -0.25) is 14.2 Å². The van der Waals surface area contributed by atoms with E-state index in [1.54, 1.807) is 18.2 Å². The van der Waals surface area contributed by atoms with Gasteiger partial charge in [-0.15, -0.1) is 0 Å². The first-order chi connectivity index (χ1) is 19.8. The molecule has 0 aliphatic carbocycles. The van der Waals surface area contributed by atoms with Crippen LogP contribution in [0.2, 0.25) is 0 Å². The highest BCUT2D eigenvalue weighted by Crippen LogP contribution is 2.22. The zero-order chi connectivity index (χ0) is 28.9. The number of carboxylic acids is 1. The Morgan fingerprint density at radius 3 is 2.59 bits per heavy atom. The number of carbonyl (C=O) groups is 1. The number of ether oxygens (including phenoxy) is 1. The standard InChI is InChI=1S/C30H26F3N3O5/c31-20-6-9-22(10-7-20)36-28(3-1-2-4-29(37)38)34-27-14-18(5-11-24(27)30(36)39)26-15-23(41-35-26)17-40-16-19-13-21(32)8-12-25(19)33/h5-14,23H,1-4,15-17H2,(H,37,38). The summed E-state index contributed by atoms with van der Waals surface area (Å²) in [5.41, 5.74) is 1.97. The summed E-state index contributed by atoms with van der Waals surface area (Å²) in [4.78, 5) is 34.7. The quantitative estimate of drug-likeness (QED) is 0.247. The molecule has 1 unspecified atom stereocenters. The minimum atomic E-state index is -0.901. The zero-order valence-electron chi connectivity index (χ0n) is 21.9. The largest absolute Gasteiger partial charge is 0.481 e. The average molecular weight is 566 g/mol. The number of halogens is 3. The maximum atomic E-state index is 13.8. The number of benzene rings is 3. The van der Waals surface area contributed by atoms with Crippen molar-refractivity contribution in [1.82, 2.24) is 9.55 Å². The molecule has 5 rings (SSSR count). The van der Waals surface area contributed by atoms with Crippen molar-refractivity contribution in [2.75, 3.05) is 6.61 Å². The van der Waals surface area contributed by atoms with E-state index in [2.05, 4.69) is 5.16 Å². The van der Waals surface area contributed by atoms with Gasteiger partial charge in [0.25, 0.3) is 5.56 Å². The van der Waals surface area contributed by atoms with Gasteiger partial charge in [0.15, 0.2) is 6.10 Å². The molecular weight excluding hydrogens is 539 g/mol. The lowest BCUT2D eigenvalue weighted by Gasteiger charge is -2.14. The second-order valence-electron chi connectivity index (χ2n) is 9.70.